The normalized spacial score (nSPS) is 16.1. The molecule has 152 valence electrons. The zero-order valence-electron chi connectivity index (χ0n) is 16.7. The van der Waals surface area contributed by atoms with Crippen molar-refractivity contribution in [1.29, 1.82) is 0 Å². The highest BCUT2D eigenvalue weighted by atomic mass is 32.1. The maximum atomic E-state index is 12.9. The third-order valence-corrected chi connectivity index (χ3v) is 6.17. The van der Waals surface area contributed by atoms with Gasteiger partial charge in [-0.25, -0.2) is 4.39 Å². The lowest BCUT2D eigenvalue weighted by molar-refractivity contribution is 0.0949. The molecule has 1 amide bonds. The summed E-state index contributed by atoms with van der Waals surface area (Å²) in [6.45, 7) is 7.78. The minimum absolute atomic E-state index is 0.249. The van der Waals surface area contributed by atoms with E-state index in [2.05, 4.69) is 46.2 Å². The van der Waals surface area contributed by atoms with Gasteiger partial charge in [0.15, 0.2) is 0 Å². The summed E-state index contributed by atoms with van der Waals surface area (Å²) in [6, 6.07) is 7.21. The van der Waals surface area contributed by atoms with Gasteiger partial charge in [0, 0.05) is 18.6 Å². The minimum atomic E-state index is -0.289. The number of amides is 1. The maximum absolute atomic E-state index is 12.9. The number of benzene rings is 1. The molecular formula is C20H28FN5OS. The summed E-state index contributed by atoms with van der Waals surface area (Å²) in [5, 5.41) is 12.2. The van der Waals surface area contributed by atoms with Gasteiger partial charge in [-0.05, 0) is 64.5 Å². The van der Waals surface area contributed by atoms with Crippen LogP contribution in [0.3, 0.4) is 0 Å². The molecule has 0 saturated carbocycles. The highest BCUT2D eigenvalue weighted by Crippen LogP contribution is 2.20. The number of carbonyl (C=O) groups excluding carboxylic acids is 1. The molecule has 1 aromatic carbocycles. The summed E-state index contributed by atoms with van der Waals surface area (Å²) in [5.74, 6) is -0.538. The molecule has 0 aliphatic carbocycles. The van der Waals surface area contributed by atoms with Gasteiger partial charge in [-0.15, -0.1) is 10.2 Å². The Morgan fingerprint density at radius 2 is 1.96 bits per heavy atom. The van der Waals surface area contributed by atoms with Gasteiger partial charge in [-0.1, -0.05) is 23.5 Å². The molecule has 0 atom stereocenters. The molecule has 8 heteroatoms. The average molecular weight is 406 g/mol. The van der Waals surface area contributed by atoms with E-state index in [4.69, 9.17) is 0 Å². The Labute approximate surface area is 169 Å². The Kier molecular flexibility index (Phi) is 7.09. The Morgan fingerprint density at radius 3 is 2.61 bits per heavy atom. The van der Waals surface area contributed by atoms with Crippen LogP contribution in [0.2, 0.25) is 0 Å². The molecule has 0 bridgehead atoms. The van der Waals surface area contributed by atoms with Crippen LogP contribution in [-0.4, -0.2) is 58.1 Å². The van der Waals surface area contributed by atoms with Crippen molar-refractivity contribution >= 4 is 17.2 Å². The van der Waals surface area contributed by atoms with Crippen LogP contribution in [0.15, 0.2) is 24.3 Å². The van der Waals surface area contributed by atoms with E-state index in [9.17, 15) is 9.18 Å². The van der Waals surface area contributed by atoms with Crippen LogP contribution in [0.4, 0.5) is 4.39 Å². The maximum Gasteiger partial charge on any atom is 0.282 e. The van der Waals surface area contributed by atoms with Gasteiger partial charge in [-0.2, -0.15) is 0 Å². The number of aromatic nitrogens is 2. The molecule has 2 aromatic rings. The number of nitrogens with one attached hydrogen (secondary N) is 1. The van der Waals surface area contributed by atoms with Crippen molar-refractivity contribution in [2.75, 3.05) is 20.1 Å². The SMILES string of the molecule is CC(C)N1CCC(N(C)Cc2nnc(C(=O)NCc3ccc(F)cc3)s2)CC1. The fourth-order valence-electron chi connectivity index (χ4n) is 3.45. The monoisotopic (exact) mass is 405 g/mol. The number of rotatable bonds is 7. The smallest absolute Gasteiger partial charge is 0.282 e. The van der Waals surface area contributed by atoms with E-state index in [1.54, 1.807) is 12.1 Å². The average Bonchev–Trinajstić information content (AvgIpc) is 3.16. The second kappa shape index (κ2) is 9.54. The van der Waals surface area contributed by atoms with Crippen LogP contribution in [-0.2, 0) is 13.1 Å². The number of nitrogens with zero attached hydrogens (tertiary/aromatic N) is 4. The lowest BCUT2D eigenvalue weighted by Crippen LogP contribution is -2.45. The molecule has 28 heavy (non-hydrogen) atoms. The molecule has 0 unspecified atom stereocenters. The van der Waals surface area contributed by atoms with Crippen LogP contribution in [0.5, 0.6) is 0 Å². The molecule has 1 aliphatic rings. The number of halogens is 1. The van der Waals surface area contributed by atoms with E-state index in [-0.39, 0.29) is 11.7 Å². The first-order chi connectivity index (χ1) is 13.4. The van der Waals surface area contributed by atoms with Crippen molar-refractivity contribution < 1.29 is 9.18 Å². The van der Waals surface area contributed by atoms with Crippen LogP contribution in [0.25, 0.3) is 0 Å². The molecule has 0 radical (unpaired) electrons. The summed E-state index contributed by atoms with van der Waals surface area (Å²) in [5.41, 5.74) is 0.840. The quantitative estimate of drug-likeness (QED) is 0.768. The lowest BCUT2D eigenvalue weighted by atomic mass is 10.0. The molecule has 1 saturated heterocycles. The predicted octanol–water partition coefficient (Wildman–Crippen LogP) is 2.91. The first-order valence-corrected chi connectivity index (χ1v) is 10.5. The van der Waals surface area contributed by atoms with Crippen LogP contribution >= 0.6 is 11.3 Å². The van der Waals surface area contributed by atoms with Gasteiger partial charge in [0.2, 0.25) is 5.01 Å². The summed E-state index contributed by atoms with van der Waals surface area (Å²) in [4.78, 5) is 17.1. The molecule has 0 spiro atoms. The van der Waals surface area contributed by atoms with Crippen molar-refractivity contribution in [3.63, 3.8) is 0 Å². The highest BCUT2D eigenvalue weighted by molar-refractivity contribution is 7.13. The summed E-state index contributed by atoms with van der Waals surface area (Å²) >= 11 is 1.33. The van der Waals surface area contributed by atoms with Gasteiger partial charge >= 0.3 is 0 Å². The second-order valence-corrected chi connectivity index (χ2v) is 8.65. The van der Waals surface area contributed by atoms with Gasteiger partial charge in [0.25, 0.3) is 5.91 Å². The first kappa shape index (κ1) is 20.8. The van der Waals surface area contributed by atoms with Gasteiger partial charge in [0.1, 0.15) is 10.8 Å². The molecule has 2 heterocycles. The van der Waals surface area contributed by atoms with E-state index in [0.717, 1.165) is 36.5 Å². The Morgan fingerprint density at radius 1 is 1.29 bits per heavy atom. The van der Waals surface area contributed by atoms with Crippen molar-refractivity contribution in [2.24, 2.45) is 0 Å². The van der Waals surface area contributed by atoms with E-state index in [1.807, 2.05) is 0 Å². The second-order valence-electron chi connectivity index (χ2n) is 7.59. The zero-order chi connectivity index (χ0) is 20.1. The van der Waals surface area contributed by atoms with Crippen LogP contribution in [0, 0.1) is 5.82 Å². The summed E-state index contributed by atoms with van der Waals surface area (Å²) < 4.78 is 12.9. The Balaban J connectivity index is 1.48. The molecule has 1 fully saturated rings. The summed E-state index contributed by atoms with van der Waals surface area (Å²) in [7, 11) is 2.12. The number of piperidine rings is 1. The van der Waals surface area contributed by atoms with E-state index in [1.165, 1.54) is 23.5 Å². The molecule has 3 rings (SSSR count). The number of hydrogen-bond donors (Lipinski definition) is 1. The van der Waals surface area contributed by atoms with Gasteiger partial charge < -0.3 is 10.2 Å². The third kappa shape index (κ3) is 5.56. The van der Waals surface area contributed by atoms with Crippen molar-refractivity contribution in [3.05, 3.63) is 45.7 Å². The van der Waals surface area contributed by atoms with Crippen LogP contribution in [0.1, 0.15) is 47.1 Å². The topological polar surface area (TPSA) is 61.4 Å². The van der Waals surface area contributed by atoms with Crippen molar-refractivity contribution in [3.8, 4) is 0 Å². The highest BCUT2D eigenvalue weighted by Gasteiger charge is 2.24. The van der Waals surface area contributed by atoms with Crippen molar-refractivity contribution in [1.82, 2.24) is 25.3 Å². The lowest BCUT2D eigenvalue weighted by Gasteiger charge is -2.38. The molecule has 1 N–H and O–H groups in total. The van der Waals surface area contributed by atoms with Gasteiger partial charge in [-0.3, -0.25) is 9.69 Å². The fraction of sp³-hybridized carbons (Fsp3) is 0.550. The Hall–Kier alpha value is -1.90. The van der Waals surface area contributed by atoms with E-state index >= 15 is 0 Å². The standard InChI is InChI=1S/C20H28FN5OS/c1-14(2)26-10-8-17(9-11-26)25(3)13-18-23-24-20(28-18)19(27)22-12-15-4-6-16(21)7-5-15/h4-7,14,17H,8-13H2,1-3H3,(H,22,27). The van der Waals surface area contributed by atoms with Crippen LogP contribution < -0.4 is 5.32 Å². The Bertz CT molecular complexity index is 771. The minimum Gasteiger partial charge on any atom is -0.346 e. The number of likely N-dealkylation sites (tertiary alicyclic amines) is 1. The number of hydrogen-bond acceptors (Lipinski definition) is 6. The largest absolute Gasteiger partial charge is 0.346 e. The molecular weight excluding hydrogens is 377 g/mol. The first-order valence-electron chi connectivity index (χ1n) is 9.71. The van der Waals surface area contributed by atoms with E-state index < -0.39 is 0 Å². The molecule has 1 aliphatic heterocycles. The van der Waals surface area contributed by atoms with Crippen molar-refractivity contribution in [2.45, 2.75) is 51.9 Å². The predicted molar refractivity (Wildman–Crippen MR) is 109 cm³/mol. The number of carbonyl (C=O) groups is 1. The third-order valence-electron chi connectivity index (χ3n) is 5.26. The van der Waals surface area contributed by atoms with E-state index in [0.29, 0.717) is 30.2 Å². The van der Waals surface area contributed by atoms with Gasteiger partial charge in [0.05, 0.1) is 6.54 Å². The molecule has 1 aromatic heterocycles. The zero-order valence-corrected chi connectivity index (χ0v) is 17.5. The summed E-state index contributed by atoms with van der Waals surface area (Å²) in [6.07, 6.45) is 2.30. The molecule has 6 nitrogen and oxygen atoms in total. The fourth-order valence-corrected chi connectivity index (χ4v) is 4.27.